The number of hydrogen-bond donors (Lipinski definition) is 1. The van der Waals surface area contributed by atoms with Crippen LogP contribution in [-0.4, -0.2) is 12.2 Å². The summed E-state index contributed by atoms with van der Waals surface area (Å²) in [4.78, 5) is 0. The van der Waals surface area contributed by atoms with E-state index >= 15 is 0 Å². The van der Waals surface area contributed by atoms with Crippen molar-refractivity contribution in [3.05, 3.63) is 29.8 Å². The molecule has 1 aromatic rings. The molecule has 1 nitrogen and oxygen atoms in total. The molecule has 0 atom stereocenters. The van der Waals surface area contributed by atoms with Gasteiger partial charge in [-0.15, -0.1) is 0 Å². The third-order valence-corrected chi connectivity index (χ3v) is 3.50. The van der Waals surface area contributed by atoms with Crippen LogP contribution in [0.3, 0.4) is 0 Å². The van der Waals surface area contributed by atoms with Crippen molar-refractivity contribution in [2.24, 2.45) is 5.92 Å². The largest absolute Gasteiger partial charge is 0.391 e. The first kappa shape index (κ1) is 14.1. The minimum atomic E-state index is -4.16. The van der Waals surface area contributed by atoms with Gasteiger partial charge in [-0.3, -0.25) is 0 Å². The number of benzene rings is 1. The number of hydrogen-bond acceptors (Lipinski definition) is 1. The van der Waals surface area contributed by atoms with E-state index < -0.39 is 23.7 Å². The lowest BCUT2D eigenvalue weighted by Crippen LogP contribution is -2.33. The van der Waals surface area contributed by atoms with Crippen LogP contribution in [0.15, 0.2) is 18.2 Å². The predicted molar refractivity (Wildman–Crippen MR) is 61.8 cm³/mol. The van der Waals surface area contributed by atoms with Crippen LogP contribution in [0.25, 0.3) is 0 Å². The van der Waals surface area contributed by atoms with Crippen LogP contribution in [-0.2, 0) is 0 Å². The van der Waals surface area contributed by atoms with E-state index in [0.717, 1.165) is 6.07 Å². The summed E-state index contributed by atoms with van der Waals surface area (Å²) < 4.78 is 63.8. The average molecular weight is 279 g/mol. The zero-order chi connectivity index (χ0) is 14.0. The zero-order valence-corrected chi connectivity index (χ0v) is 10.1. The molecular formula is C13H14F5N. The quantitative estimate of drug-likeness (QED) is 0.786. The van der Waals surface area contributed by atoms with Crippen molar-refractivity contribution < 1.29 is 22.0 Å². The van der Waals surface area contributed by atoms with Crippen LogP contribution in [0.5, 0.6) is 0 Å². The van der Waals surface area contributed by atoms with E-state index in [-0.39, 0.29) is 24.6 Å². The Morgan fingerprint density at radius 1 is 1.00 bits per heavy atom. The van der Waals surface area contributed by atoms with E-state index in [1.165, 1.54) is 12.1 Å². The van der Waals surface area contributed by atoms with Crippen molar-refractivity contribution in [2.45, 2.75) is 37.9 Å². The van der Waals surface area contributed by atoms with Crippen LogP contribution in [0.2, 0.25) is 0 Å². The highest BCUT2D eigenvalue weighted by atomic mass is 19.4. The minimum absolute atomic E-state index is 0.00968. The maximum atomic E-state index is 13.4. The first-order valence-electron chi connectivity index (χ1n) is 6.15. The molecule has 1 fully saturated rings. The molecule has 0 saturated heterocycles. The monoisotopic (exact) mass is 279 g/mol. The Morgan fingerprint density at radius 2 is 1.63 bits per heavy atom. The highest BCUT2D eigenvalue weighted by Crippen LogP contribution is 2.38. The normalized spacial score (nSPS) is 24.3. The SMILES string of the molecule is Fc1cccc(NC2CCC(C(F)(F)F)CC2)c1F. The fourth-order valence-electron chi connectivity index (χ4n) is 2.40. The van der Waals surface area contributed by atoms with Gasteiger partial charge in [0.05, 0.1) is 11.6 Å². The van der Waals surface area contributed by atoms with Gasteiger partial charge in [-0.2, -0.15) is 13.2 Å². The second-order valence-corrected chi connectivity index (χ2v) is 4.84. The van der Waals surface area contributed by atoms with Crippen molar-refractivity contribution in [3.8, 4) is 0 Å². The molecule has 1 N–H and O–H groups in total. The average Bonchev–Trinajstić information content (AvgIpc) is 2.35. The summed E-state index contributed by atoms with van der Waals surface area (Å²) in [5.41, 5.74) is 0.00968. The van der Waals surface area contributed by atoms with Crippen molar-refractivity contribution in [1.82, 2.24) is 0 Å². The molecular weight excluding hydrogens is 265 g/mol. The molecule has 6 heteroatoms. The minimum Gasteiger partial charge on any atom is -0.380 e. The second kappa shape index (κ2) is 5.35. The van der Waals surface area contributed by atoms with Gasteiger partial charge in [0.2, 0.25) is 0 Å². The Balaban J connectivity index is 1.94. The molecule has 0 aromatic heterocycles. The van der Waals surface area contributed by atoms with Gasteiger partial charge in [-0.25, -0.2) is 8.78 Å². The van der Waals surface area contributed by atoms with Crippen molar-refractivity contribution in [1.29, 1.82) is 0 Å². The molecule has 0 amide bonds. The van der Waals surface area contributed by atoms with E-state index in [9.17, 15) is 22.0 Å². The Hall–Kier alpha value is -1.33. The summed E-state index contributed by atoms with van der Waals surface area (Å²) in [7, 11) is 0. The molecule has 1 aromatic carbocycles. The van der Waals surface area contributed by atoms with E-state index in [4.69, 9.17) is 0 Å². The topological polar surface area (TPSA) is 12.0 Å². The summed E-state index contributed by atoms with van der Waals surface area (Å²) in [6.45, 7) is 0. The van der Waals surface area contributed by atoms with Crippen LogP contribution < -0.4 is 5.32 Å². The lowest BCUT2D eigenvalue weighted by molar-refractivity contribution is -0.182. The summed E-state index contributed by atoms with van der Waals surface area (Å²) >= 11 is 0. The zero-order valence-electron chi connectivity index (χ0n) is 10.1. The Bertz CT molecular complexity index is 435. The number of anilines is 1. The molecule has 0 unspecified atom stereocenters. The van der Waals surface area contributed by atoms with Crippen LogP contribution in [0.4, 0.5) is 27.6 Å². The summed E-state index contributed by atoms with van der Waals surface area (Å²) in [6, 6.07) is 3.51. The fraction of sp³-hybridized carbons (Fsp3) is 0.538. The van der Waals surface area contributed by atoms with Gasteiger partial charge < -0.3 is 5.32 Å². The van der Waals surface area contributed by atoms with E-state index in [0.29, 0.717) is 12.8 Å². The van der Waals surface area contributed by atoms with Crippen molar-refractivity contribution in [3.63, 3.8) is 0 Å². The fourth-order valence-corrected chi connectivity index (χ4v) is 2.40. The summed E-state index contributed by atoms with van der Waals surface area (Å²) in [6.07, 6.45) is -3.49. The molecule has 2 rings (SSSR count). The van der Waals surface area contributed by atoms with Crippen LogP contribution in [0, 0.1) is 17.6 Å². The van der Waals surface area contributed by atoms with Crippen LogP contribution >= 0.6 is 0 Å². The molecule has 106 valence electrons. The van der Waals surface area contributed by atoms with Gasteiger partial charge in [-0.05, 0) is 37.8 Å². The van der Waals surface area contributed by atoms with Crippen LogP contribution in [0.1, 0.15) is 25.7 Å². The number of alkyl halides is 3. The van der Waals surface area contributed by atoms with E-state index in [1.807, 2.05) is 0 Å². The highest BCUT2D eigenvalue weighted by Gasteiger charge is 2.41. The van der Waals surface area contributed by atoms with Gasteiger partial charge in [-0.1, -0.05) is 6.07 Å². The Kier molecular flexibility index (Phi) is 3.96. The smallest absolute Gasteiger partial charge is 0.380 e. The lowest BCUT2D eigenvalue weighted by Gasteiger charge is -2.30. The molecule has 0 spiro atoms. The molecule has 1 saturated carbocycles. The molecule has 0 radical (unpaired) electrons. The lowest BCUT2D eigenvalue weighted by atomic mass is 9.85. The summed E-state index contributed by atoms with van der Waals surface area (Å²) in [5, 5.41) is 2.78. The predicted octanol–water partition coefficient (Wildman–Crippen LogP) is 4.50. The molecule has 0 bridgehead atoms. The first-order valence-corrected chi connectivity index (χ1v) is 6.15. The van der Waals surface area contributed by atoms with Gasteiger partial charge in [0.25, 0.3) is 0 Å². The third-order valence-electron chi connectivity index (χ3n) is 3.50. The second-order valence-electron chi connectivity index (χ2n) is 4.84. The van der Waals surface area contributed by atoms with Crippen molar-refractivity contribution in [2.75, 3.05) is 5.32 Å². The van der Waals surface area contributed by atoms with Gasteiger partial charge in [0.1, 0.15) is 0 Å². The third kappa shape index (κ3) is 3.36. The van der Waals surface area contributed by atoms with E-state index in [1.54, 1.807) is 0 Å². The molecule has 1 aliphatic carbocycles. The van der Waals surface area contributed by atoms with Gasteiger partial charge >= 0.3 is 6.18 Å². The number of nitrogens with one attached hydrogen (secondary N) is 1. The Morgan fingerprint density at radius 3 is 2.21 bits per heavy atom. The molecule has 19 heavy (non-hydrogen) atoms. The molecule has 0 heterocycles. The number of rotatable bonds is 2. The maximum absolute atomic E-state index is 13.4. The van der Waals surface area contributed by atoms with Gasteiger partial charge in [0, 0.05) is 6.04 Å². The maximum Gasteiger partial charge on any atom is 0.391 e. The standard InChI is InChI=1S/C13H14F5N/c14-10-2-1-3-11(12(10)15)19-9-6-4-8(5-7-9)13(16,17)18/h1-3,8-9,19H,4-7H2. The first-order chi connectivity index (χ1) is 8.88. The molecule has 0 aliphatic heterocycles. The highest BCUT2D eigenvalue weighted by molar-refractivity contribution is 5.45. The summed E-state index contributed by atoms with van der Waals surface area (Å²) in [5.74, 6) is -3.22. The van der Waals surface area contributed by atoms with E-state index in [2.05, 4.69) is 5.32 Å². The van der Waals surface area contributed by atoms with Gasteiger partial charge in [0.15, 0.2) is 11.6 Å². The van der Waals surface area contributed by atoms with Crippen molar-refractivity contribution >= 4 is 5.69 Å². The Labute approximate surface area is 107 Å². The number of halogens is 5. The molecule has 1 aliphatic rings.